The highest BCUT2D eigenvalue weighted by atomic mass is 32.1. The number of aromatic nitrogens is 1. The van der Waals surface area contributed by atoms with Crippen molar-refractivity contribution >= 4 is 27.1 Å². The van der Waals surface area contributed by atoms with Gasteiger partial charge in [0.25, 0.3) is 5.01 Å². The van der Waals surface area contributed by atoms with Crippen LogP contribution >= 0.6 is 11.3 Å². The maximum absolute atomic E-state index is 2.26. The summed E-state index contributed by atoms with van der Waals surface area (Å²) in [6.45, 7) is 2.16. The number of hydrogen-bond acceptors (Lipinski definition) is 2. The maximum atomic E-state index is 2.26. The Hall–Kier alpha value is -1.35. The Balaban J connectivity index is 2.58. The molecule has 0 unspecified atom stereocenters. The van der Waals surface area contributed by atoms with E-state index in [1.807, 2.05) is 11.3 Å². The average Bonchev–Trinajstić information content (AvgIpc) is 2.56. The van der Waals surface area contributed by atoms with Crippen molar-refractivity contribution in [1.82, 2.24) is 4.90 Å². The van der Waals surface area contributed by atoms with Gasteiger partial charge in [-0.2, -0.15) is 4.57 Å². The summed E-state index contributed by atoms with van der Waals surface area (Å²) in [5, 5.41) is 1.31. The van der Waals surface area contributed by atoms with E-state index in [1.54, 1.807) is 0 Å². The van der Waals surface area contributed by atoms with E-state index in [2.05, 4.69) is 68.0 Å². The minimum Gasteiger partial charge on any atom is -0.383 e. The first-order chi connectivity index (χ1) is 7.59. The van der Waals surface area contributed by atoms with Crippen LogP contribution in [0, 0.1) is 0 Å². The fraction of sp³-hybridized carbons (Fsp3) is 0.308. The third kappa shape index (κ3) is 1.95. The van der Waals surface area contributed by atoms with Gasteiger partial charge in [0.05, 0.1) is 0 Å². The smallest absolute Gasteiger partial charge is 0.266 e. The second kappa shape index (κ2) is 4.26. The molecule has 0 spiro atoms. The van der Waals surface area contributed by atoms with Crippen molar-refractivity contribution in [1.29, 1.82) is 0 Å². The molecule has 2 rings (SSSR count). The SMILES string of the molecule is C/C(=C\N(C)C)c1sc2ccccc2[n+]1C. The summed E-state index contributed by atoms with van der Waals surface area (Å²) >= 11 is 1.84. The van der Waals surface area contributed by atoms with Crippen molar-refractivity contribution in [2.75, 3.05) is 14.1 Å². The molecule has 0 radical (unpaired) electrons. The van der Waals surface area contributed by atoms with Crippen molar-refractivity contribution < 1.29 is 4.57 Å². The van der Waals surface area contributed by atoms with Crippen LogP contribution in [0.1, 0.15) is 11.9 Å². The van der Waals surface area contributed by atoms with E-state index in [4.69, 9.17) is 0 Å². The third-order valence-electron chi connectivity index (χ3n) is 2.53. The van der Waals surface area contributed by atoms with E-state index in [-0.39, 0.29) is 0 Å². The van der Waals surface area contributed by atoms with Crippen LogP contribution < -0.4 is 4.57 Å². The largest absolute Gasteiger partial charge is 0.383 e. The quantitative estimate of drug-likeness (QED) is 0.723. The average molecular weight is 233 g/mol. The molecule has 2 nitrogen and oxygen atoms in total. The Morgan fingerprint density at radius 1 is 1.31 bits per heavy atom. The molecule has 0 fully saturated rings. The van der Waals surface area contributed by atoms with Crippen molar-refractivity contribution in [3.8, 4) is 0 Å². The minimum absolute atomic E-state index is 1.30. The fourth-order valence-electron chi connectivity index (χ4n) is 1.89. The standard InChI is InChI=1S/C13H17N2S/c1-10(9-14(2)3)13-15(4)11-7-5-6-8-12(11)16-13/h5-9H,1-4H3/q+1. The van der Waals surface area contributed by atoms with Gasteiger partial charge in [-0.15, -0.1) is 0 Å². The van der Waals surface area contributed by atoms with Crippen LogP contribution in [0.4, 0.5) is 0 Å². The summed E-state index contributed by atoms with van der Waals surface area (Å²) in [5.74, 6) is 0. The van der Waals surface area contributed by atoms with Gasteiger partial charge in [-0.25, -0.2) is 0 Å². The number of rotatable bonds is 2. The van der Waals surface area contributed by atoms with E-state index >= 15 is 0 Å². The molecule has 2 aromatic rings. The molecule has 0 bridgehead atoms. The number of benzene rings is 1. The van der Waals surface area contributed by atoms with Gasteiger partial charge in [0.1, 0.15) is 11.7 Å². The van der Waals surface area contributed by atoms with Gasteiger partial charge in [-0.1, -0.05) is 23.5 Å². The van der Waals surface area contributed by atoms with Crippen LogP contribution in [0.15, 0.2) is 30.5 Å². The Kier molecular flexibility index (Phi) is 2.97. The molecule has 1 aromatic heterocycles. The Bertz CT molecular complexity index is 538. The summed E-state index contributed by atoms with van der Waals surface area (Å²) in [4.78, 5) is 2.08. The van der Waals surface area contributed by atoms with Crippen molar-refractivity contribution in [2.45, 2.75) is 6.92 Å². The molecule has 1 aromatic carbocycles. The van der Waals surface area contributed by atoms with Crippen molar-refractivity contribution in [3.63, 3.8) is 0 Å². The molecule has 0 saturated carbocycles. The fourth-order valence-corrected chi connectivity index (χ4v) is 3.00. The number of nitrogens with zero attached hydrogens (tertiary/aromatic N) is 2. The molecular weight excluding hydrogens is 216 g/mol. The molecule has 1 heterocycles. The minimum atomic E-state index is 1.30. The number of aryl methyl sites for hydroxylation is 1. The molecule has 16 heavy (non-hydrogen) atoms. The zero-order valence-corrected chi connectivity index (χ0v) is 11.0. The highest BCUT2D eigenvalue weighted by Crippen LogP contribution is 2.24. The number of thiazole rings is 1. The topological polar surface area (TPSA) is 7.12 Å². The van der Waals surface area contributed by atoms with E-state index < -0.39 is 0 Å². The lowest BCUT2D eigenvalue weighted by Gasteiger charge is -2.04. The van der Waals surface area contributed by atoms with Crippen LogP contribution in [0.3, 0.4) is 0 Å². The summed E-state index contributed by atoms with van der Waals surface area (Å²) < 4.78 is 3.60. The molecule has 0 aliphatic rings. The second-order valence-electron chi connectivity index (χ2n) is 4.21. The molecule has 0 aliphatic heterocycles. The molecular formula is C13H17N2S+. The van der Waals surface area contributed by atoms with Gasteiger partial charge in [-0.05, 0) is 13.0 Å². The van der Waals surface area contributed by atoms with Crippen LogP contribution in [-0.2, 0) is 7.05 Å². The van der Waals surface area contributed by atoms with Crippen LogP contribution in [0.2, 0.25) is 0 Å². The van der Waals surface area contributed by atoms with E-state index in [9.17, 15) is 0 Å². The number of para-hydroxylation sites is 1. The number of fused-ring (bicyclic) bond motifs is 1. The lowest BCUT2D eigenvalue weighted by atomic mass is 10.3. The summed E-state index contributed by atoms with van der Waals surface area (Å²) in [6.07, 6.45) is 2.16. The number of hydrogen-bond donors (Lipinski definition) is 0. The maximum Gasteiger partial charge on any atom is 0.266 e. The van der Waals surface area contributed by atoms with E-state index in [0.717, 1.165) is 0 Å². The highest BCUT2D eigenvalue weighted by molar-refractivity contribution is 7.19. The number of allylic oxidation sites excluding steroid dienone is 1. The molecule has 0 saturated heterocycles. The zero-order valence-electron chi connectivity index (χ0n) is 10.2. The summed E-state index contributed by atoms with van der Waals surface area (Å²) in [7, 11) is 6.23. The summed E-state index contributed by atoms with van der Waals surface area (Å²) in [6, 6.07) is 8.52. The Labute approximate surface area is 100 Å². The Morgan fingerprint density at radius 3 is 2.62 bits per heavy atom. The molecule has 0 atom stereocenters. The van der Waals surface area contributed by atoms with E-state index in [1.165, 1.54) is 20.8 Å². The van der Waals surface area contributed by atoms with Gasteiger partial charge >= 0.3 is 0 Å². The predicted octanol–water partition coefficient (Wildman–Crippen LogP) is 2.65. The highest BCUT2D eigenvalue weighted by Gasteiger charge is 2.17. The van der Waals surface area contributed by atoms with Crippen molar-refractivity contribution in [3.05, 3.63) is 35.5 Å². The first kappa shape index (κ1) is 11.1. The van der Waals surface area contributed by atoms with Crippen LogP contribution in [0.25, 0.3) is 15.8 Å². The lowest BCUT2D eigenvalue weighted by Crippen LogP contribution is -2.30. The van der Waals surface area contributed by atoms with Crippen LogP contribution in [-0.4, -0.2) is 19.0 Å². The normalized spacial score (nSPS) is 12.1. The van der Waals surface area contributed by atoms with Gasteiger partial charge in [-0.3, -0.25) is 0 Å². The van der Waals surface area contributed by atoms with Gasteiger partial charge in [0, 0.05) is 31.9 Å². The van der Waals surface area contributed by atoms with Gasteiger partial charge < -0.3 is 4.90 Å². The third-order valence-corrected chi connectivity index (χ3v) is 3.88. The predicted molar refractivity (Wildman–Crippen MR) is 70.3 cm³/mol. The molecule has 0 amide bonds. The van der Waals surface area contributed by atoms with Crippen LogP contribution in [0.5, 0.6) is 0 Å². The zero-order chi connectivity index (χ0) is 11.7. The molecule has 0 aliphatic carbocycles. The summed E-state index contributed by atoms with van der Waals surface area (Å²) in [5.41, 5.74) is 2.60. The van der Waals surface area contributed by atoms with Crippen molar-refractivity contribution in [2.24, 2.45) is 7.05 Å². The van der Waals surface area contributed by atoms with Gasteiger partial charge in [0.15, 0.2) is 0 Å². The second-order valence-corrected chi connectivity index (χ2v) is 5.24. The molecule has 84 valence electrons. The molecule has 0 N–H and O–H groups in total. The first-order valence-electron chi connectivity index (χ1n) is 5.32. The first-order valence-corrected chi connectivity index (χ1v) is 6.14. The monoisotopic (exact) mass is 233 g/mol. The van der Waals surface area contributed by atoms with E-state index in [0.29, 0.717) is 0 Å². The lowest BCUT2D eigenvalue weighted by molar-refractivity contribution is -0.642. The van der Waals surface area contributed by atoms with Gasteiger partial charge in [0.2, 0.25) is 5.52 Å². The Morgan fingerprint density at radius 2 is 2.00 bits per heavy atom. The molecule has 3 heteroatoms.